The Labute approximate surface area is 340 Å². The van der Waals surface area contributed by atoms with Gasteiger partial charge in [-0.25, -0.2) is 9.97 Å². The van der Waals surface area contributed by atoms with E-state index in [1.54, 1.807) is 0 Å². The van der Waals surface area contributed by atoms with Crippen molar-refractivity contribution >= 4 is 29.7 Å². The largest absolute Gasteiger partial charge is 0.344 e. The fourth-order valence-corrected chi connectivity index (χ4v) is 8.50. The molecule has 58 heavy (non-hydrogen) atoms. The van der Waals surface area contributed by atoms with Crippen LogP contribution in [0.2, 0.25) is 0 Å². The number of rotatable bonds is 18. The molecule has 2 saturated heterocycles. The Bertz CT molecular complexity index is 2050. The highest BCUT2D eigenvalue weighted by Gasteiger charge is 2.39. The van der Waals surface area contributed by atoms with E-state index in [1.165, 1.54) is 0 Å². The van der Waals surface area contributed by atoms with Crippen LogP contribution in [0.1, 0.15) is 142 Å². The molecule has 4 amide bonds. The maximum absolute atomic E-state index is 14.0. The van der Waals surface area contributed by atoms with Gasteiger partial charge in [-0.15, -0.1) is 0 Å². The number of carbonyl (C=O) groups excluding carboxylic acids is 4. The van der Waals surface area contributed by atoms with Crippen LogP contribution in [-0.4, -0.2) is 66.5 Å². The van der Waals surface area contributed by atoms with Crippen LogP contribution in [0, 0.1) is 11.8 Å². The number of nitrogens with one attached hydrogen (secondary N) is 4. The predicted octanol–water partition coefficient (Wildman–Crippen LogP) is 7.20. The van der Waals surface area contributed by atoms with E-state index < -0.39 is 12.1 Å². The zero-order valence-electron chi connectivity index (χ0n) is 33.3. The molecule has 8 rings (SSSR count). The summed E-state index contributed by atoms with van der Waals surface area (Å²) >= 11 is 0. The van der Waals surface area contributed by atoms with Gasteiger partial charge in [0.05, 0.1) is 24.0 Å². The fraction of sp³-hybridized carbons (Fsp3) is 0.478. The number of aryl methyl sites for hydroxylation is 1. The molecule has 12 nitrogen and oxygen atoms in total. The third kappa shape index (κ3) is 9.94. The van der Waals surface area contributed by atoms with E-state index in [1.807, 2.05) is 82.9 Å². The van der Waals surface area contributed by atoms with Crippen LogP contribution in [0.5, 0.6) is 0 Å². The van der Waals surface area contributed by atoms with Crippen molar-refractivity contribution < 1.29 is 19.2 Å². The highest BCUT2D eigenvalue weighted by Crippen LogP contribution is 2.36. The number of benzene rings is 2. The number of nitrogens with zero attached hydrogens (tertiary/aromatic N) is 4. The van der Waals surface area contributed by atoms with Crippen molar-refractivity contribution in [1.29, 1.82) is 0 Å². The number of aromatic nitrogens is 4. The lowest BCUT2D eigenvalue weighted by Gasteiger charge is -2.28. The van der Waals surface area contributed by atoms with Crippen molar-refractivity contribution in [2.75, 3.05) is 13.1 Å². The SMILES string of the molecule is O=C(CC1CC1)N[C@@H](C(=O)N1CCC[C@@H]1c1ncc(/C=C/CCCCc2cnc([C@H]3CCCN3C(=O)[C@H](NC(=O)CC3CC3)c3ccccc3)[nH]2)[nH]1)c1ccccc1. The number of carbonyl (C=O) groups is 4. The zero-order valence-corrected chi connectivity index (χ0v) is 33.3. The minimum atomic E-state index is -0.716. The monoisotopic (exact) mass is 784 g/mol. The van der Waals surface area contributed by atoms with Crippen LogP contribution in [0.15, 0.2) is 79.1 Å². The smallest absolute Gasteiger partial charge is 0.250 e. The summed E-state index contributed by atoms with van der Waals surface area (Å²) in [6.07, 6.45) is 20.4. The number of likely N-dealkylation sites (tertiary alicyclic amines) is 2. The van der Waals surface area contributed by atoms with Crippen molar-refractivity contribution in [3.8, 4) is 0 Å². The number of H-pyrrole nitrogens is 2. The zero-order chi connectivity index (χ0) is 39.8. The van der Waals surface area contributed by atoms with E-state index in [9.17, 15) is 19.2 Å². The Morgan fingerprint density at radius 3 is 1.72 bits per heavy atom. The molecular formula is C46H56N8O4. The quantitative estimate of drug-likeness (QED) is 0.0783. The number of allylic oxidation sites excluding steroid dienone is 1. The first-order chi connectivity index (χ1) is 28.4. The van der Waals surface area contributed by atoms with Crippen LogP contribution in [0.3, 0.4) is 0 Å². The second-order valence-electron chi connectivity index (χ2n) is 16.7. The first-order valence-corrected chi connectivity index (χ1v) is 21.4. The molecule has 4 N–H and O–H groups in total. The van der Waals surface area contributed by atoms with E-state index >= 15 is 0 Å². The van der Waals surface area contributed by atoms with Gasteiger partial charge in [0.1, 0.15) is 23.7 Å². The van der Waals surface area contributed by atoms with Gasteiger partial charge in [-0.2, -0.15) is 0 Å². The van der Waals surface area contributed by atoms with Gasteiger partial charge in [-0.1, -0.05) is 66.7 Å². The Morgan fingerprint density at radius 1 is 0.672 bits per heavy atom. The molecule has 2 aromatic heterocycles. The van der Waals surface area contributed by atoms with Gasteiger partial charge in [0.15, 0.2) is 0 Å². The molecule has 2 aliphatic heterocycles. The molecule has 2 aromatic carbocycles. The third-order valence-electron chi connectivity index (χ3n) is 12.0. The average Bonchev–Trinajstić information content (AvgIpc) is 3.90. The van der Waals surface area contributed by atoms with E-state index in [-0.39, 0.29) is 35.7 Å². The summed E-state index contributed by atoms with van der Waals surface area (Å²) in [5, 5.41) is 6.10. The van der Waals surface area contributed by atoms with Crippen LogP contribution in [0.25, 0.3) is 6.08 Å². The summed E-state index contributed by atoms with van der Waals surface area (Å²) < 4.78 is 0. The summed E-state index contributed by atoms with van der Waals surface area (Å²) in [6.45, 7) is 1.26. The predicted molar refractivity (Wildman–Crippen MR) is 220 cm³/mol. The molecule has 0 unspecified atom stereocenters. The van der Waals surface area contributed by atoms with Gasteiger partial charge >= 0.3 is 0 Å². The molecule has 4 fully saturated rings. The molecule has 2 aliphatic carbocycles. The van der Waals surface area contributed by atoms with Gasteiger partial charge in [0.25, 0.3) is 0 Å². The maximum atomic E-state index is 14.0. The molecule has 4 aromatic rings. The molecule has 0 spiro atoms. The summed E-state index contributed by atoms with van der Waals surface area (Å²) in [5.41, 5.74) is 3.56. The topological polar surface area (TPSA) is 156 Å². The van der Waals surface area contributed by atoms with Gasteiger partial charge in [0, 0.05) is 37.8 Å². The second-order valence-corrected chi connectivity index (χ2v) is 16.7. The van der Waals surface area contributed by atoms with E-state index in [4.69, 9.17) is 4.98 Å². The lowest BCUT2D eigenvalue weighted by atomic mass is 10.0. The number of imidazole rings is 2. The second kappa shape index (κ2) is 18.4. The van der Waals surface area contributed by atoms with Crippen LogP contribution < -0.4 is 10.6 Å². The number of unbranched alkanes of at least 4 members (excludes halogenated alkanes) is 2. The van der Waals surface area contributed by atoms with Crippen molar-refractivity contribution in [2.24, 2.45) is 11.8 Å². The van der Waals surface area contributed by atoms with Crippen LogP contribution in [0.4, 0.5) is 0 Å². The highest BCUT2D eigenvalue weighted by atomic mass is 16.2. The van der Waals surface area contributed by atoms with E-state index in [0.717, 1.165) is 111 Å². The molecular weight excluding hydrogens is 729 g/mol. The number of hydrogen-bond acceptors (Lipinski definition) is 6. The van der Waals surface area contributed by atoms with Crippen molar-refractivity contribution in [3.63, 3.8) is 0 Å². The van der Waals surface area contributed by atoms with Gasteiger partial charge in [0.2, 0.25) is 23.6 Å². The minimum Gasteiger partial charge on any atom is -0.344 e. The van der Waals surface area contributed by atoms with Gasteiger partial charge in [-0.3, -0.25) is 19.2 Å². The van der Waals surface area contributed by atoms with E-state index in [0.29, 0.717) is 37.8 Å². The molecule has 0 bridgehead atoms. The molecule has 12 heteroatoms. The number of aromatic amines is 2. The number of hydrogen-bond donors (Lipinski definition) is 4. The summed E-state index contributed by atoms with van der Waals surface area (Å²) in [4.78, 5) is 73.9. The van der Waals surface area contributed by atoms with Gasteiger partial charge in [-0.05, 0) is 106 Å². The van der Waals surface area contributed by atoms with Crippen molar-refractivity contribution in [2.45, 2.75) is 114 Å². The summed E-state index contributed by atoms with van der Waals surface area (Å²) in [6, 6.07) is 17.4. The fourth-order valence-electron chi connectivity index (χ4n) is 8.50. The summed E-state index contributed by atoms with van der Waals surface area (Å²) in [5.74, 6) is 2.17. The lowest BCUT2D eigenvalue weighted by Crippen LogP contribution is -2.43. The lowest BCUT2D eigenvalue weighted by molar-refractivity contribution is -0.137. The molecule has 4 heterocycles. The maximum Gasteiger partial charge on any atom is 0.250 e. The first-order valence-electron chi connectivity index (χ1n) is 21.4. The first kappa shape index (κ1) is 39.3. The van der Waals surface area contributed by atoms with Crippen LogP contribution >= 0.6 is 0 Å². The van der Waals surface area contributed by atoms with Crippen molar-refractivity contribution in [1.82, 2.24) is 40.4 Å². The van der Waals surface area contributed by atoms with Gasteiger partial charge < -0.3 is 30.4 Å². The normalized spacial score (nSPS) is 20.3. The third-order valence-corrected chi connectivity index (χ3v) is 12.0. The van der Waals surface area contributed by atoms with Crippen molar-refractivity contribution in [3.05, 3.63) is 113 Å². The Hall–Kier alpha value is -5.52. The standard InChI is InChI=1S/C46H56N8O4/c55-39(27-31-21-22-31)51-41(33-13-5-3-6-14-33)45(57)53-25-11-19-37(53)43-47-29-35(49-43)17-9-1-2-10-18-36-30-48-44(50-36)38-20-12-26-54(38)46(58)42(34-15-7-4-8-16-34)52-40(56)28-32-23-24-32/h3-9,13-17,29-32,37-38,41-42H,1-2,10-12,18-28H2,(H,47,49)(H,48,50)(H,51,55)(H,52,56)/b17-9+/t37-,38-,41-,42-/m1/s1. The molecule has 2 saturated carbocycles. The Morgan fingerprint density at radius 2 is 1.19 bits per heavy atom. The molecule has 0 radical (unpaired) electrons. The Balaban J connectivity index is 0.815. The molecule has 304 valence electrons. The molecule has 4 aliphatic rings. The number of amides is 4. The average molecular weight is 785 g/mol. The van der Waals surface area contributed by atoms with Crippen LogP contribution in [-0.2, 0) is 25.6 Å². The molecule has 4 atom stereocenters. The highest BCUT2D eigenvalue weighted by molar-refractivity contribution is 5.90. The Kier molecular flexibility index (Phi) is 12.5. The van der Waals surface area contributed by atoms with E-state index in [2.05, 4.69) is 37.7 Å². The summed E-state index contributed by atoms with van der Waals surface area (Å²) in [7, 11) is 0. The minimum absolute atomic E-state index is 0.0612.